The summed E-state index contributed by atoms with van der Waals surface area (Å²) in [4.78, 5) is 3.95. The van der Waals surface area contributed by atoms with E-state index in [4.69, 9.17) is 0 Å². The van der Waals surface area contributed by atoms with Gasteiger partial charge in [0.1, 0.15) is 6.33 Å². The SMILES string of the molecule is CC(C)NCCCS(=O)(=O)NCc1ncn(C)n1. The highest BCUT2D eigenvalue weighted by Crippen LogP contribution is 1.93. The summed E-state index contributed by atoms with van der Waals surface area (Å²) in [7, 11) is -1.51. The van der Waals surface area contributed by atoms with Crippen molar-refractivity contribution in [2.75, 3.05) is 12.3 Å². The van der Waals surface area contributed by atoms with Gasteiger partial charge in [-0.3, -0.25) is 4.68 Å². The van der Waals surface area contributed by atoms with Gasteiger partial charge in [0.25, 0.3) is 0 Å². The fourth-order valence-corrected chi connectivity index (χ4v) is 2.38. The van der Waals surface area contributed by atoms with Crippen LogP contribution in [0.25, 0.3) is 0 Å². The molecule has 0 amide bonds. The lowest BCUT2D eigenvalue weighted by atomic mass is 10.4. The first kappa shape index (κ1) is 15.1. The van der Waals surface area contributed by atoms with E-state index < -0.39 is 10.0 Å². The summed E-state index contributed by atoms with van der Waals surface area (Å²) in [5.41, 5.74) is 0. The lowest BCUT2D eigenvalue weighted by Crippen LogP contribution is -2.30. The molecule has 0 bridgehead atoms. The van der Waals surface area contributed by atoms with Gasteiger partial charge in [0.15, 0.2) is 5.82 Å². The van der Waals surface area contributed by atoms with Crippen LogP contribution >= 0.6 is 0 Å². The van der Waals surface area contributed by atoms with Gasteiger partial charge in [0, 0.05) is 13.1 Å². The van der Waals surface area contributed by atoms with Crippen LogP contribution < -0.4 is 10.0 Å². The van der Waals surface area contributed by atoms with Crippen molar-refractivity contribution in [2.24, 2.45) is 7.05 Å². The van der Waals surface area contributed by atoms with E-state index in [-0.39, 0.29) is 12.3 Å². The number of hydrogen-bond acceptors (Lipinski definition) is 5. The molecule has 18 heavy (non-hydrogen) atoms. The second-order valence-electron chi connectivity index (χ2n) is 4.44. The maximum Gasteiger partial charge on any atom is 0.212 e. The van der Waals surface area contributed by atoms with Crippen LogP contribution in [0, 0.1) is 0 Å². The van der Waals surface area contributed by atoms with Crippen LogP contribution in [-0.4, -0.2) is 41.5 Å². The Bertz CT molecular complexity index is 455. The molecule has 0 aromatic carbocycles. The Kier molecular flexibility index (Phi) is 5.70. The molecule has 8 heteroatoms. The number of rotatable bonds is 8. The minimum Gasteiger partial charge on any atom is -0.314 e. The first-order valence-corrected chi connectivity index (χ1v) is 7.59. The number of nitrogens with one attached hydrogen (secondary N) is 2. The molecule has 7 nitrogen and oxygen atoms in total. The summed E-state index contributed by atoms with van der Waals surface area (Å²) in [5, 5.41) is 7.17. The second-order valence-corrected chi connectivity index (χ2v) is 6.36. The van der Waals surface area contributed by atoms with Gasteiger partial charge >= 0.3 is 0 Å². The summed E-state index contributed by atoms with van der Waals surface area (Å²) < 4.78 is 27.3. The molecule has 0 spiro atoms. The molecule has 1 heterocycles. The Balaban J connectivity index is 2.27. The third kappa shape index (κ3) is 6.08. The Morgan fingerprint density at radius 2 is 2.17 bits per heavy atom. The van der Waals surface area contributed by atoms with Crippen LogP contribution in [0.4, 0.5) is 0 Å². The Morgan fingerprint density at radius 1 is 1.44 bits per heavy atom. The standard InChI is InChI=1S/C10H21N5O2S/c1-9(2)11-5-4-6-18(16,17)13-7-10-12-8-15(3)14-10/h8-9,11,13H,4-7H2,1-3H3. The number of aromatic nitrogens is 3. The Morgan fingerprint density at radius 3 is 2.72 bits per heavy atom. The largest absolute Gasteiger partial charge is 0.314 e. The topological polar surface area (TPSA) is 88.9 Å². The monoisotopic (exact) mass is 275 g/mol. The van der Waals surface area contributed by atoms with Crippen LogP contribution in [-0.2, 0) is 23.6 Å². The molecular formula is C10H21N5O2S. The van der Waals surface area contributed by atoms with Crippen molar-refractivity contribution >= 4 is 10.0 Å². The van der Waals surface area contributed by atoms with Crippen LogP contribution in [0.2, 0.25) is 0 Å². The van der Waals surface area contributed by atoms with E-state index in [9.17, 15) is 8.42 Å². The van der Waals surface area contributed by atoms with E-state index in [1.54, 1.807) is 7.05 Å². The molecule has 0 unspecified atom stereocenters. The molecule has 1 aromatic heterocycles. The van der Waals surface area contributed by atoms with Gasteiger partial charge in [-0.1, -0.05) is 13.8 Å². The third-order valence-electron chi connectivity index (χ3n) is 2.24. The third-order valence-corrected chi connectivity index (χ3v) is 3.65. The highest BCUT2D eigenvalue weighted by Gasteiger charge is 2.10. The van der Waals surface area contributed by atoms with Crippen LogP contribution in [0.15, 0.2) is 6.33 Å². The summed E-state index contributed by atoms with van der Waals surface area (Å²) in [6, 6.07) is 0.374. The molecule has 1 aromatic rings. The van der Waals surface area contributed by atoms with Crippen molar-refractivity contribution in [3.8, 4) is 0 Å². The van der Waals surface area contributed by atoms with Crippen molar-refractivity contribution in [2.45, 2.75) is 32.9 Å². The molecule has 0 radical (unpaired) electrons. The average Bonchev–Trinajstić information content (AvgIpc) is 2.68. The summed E-state index contributed by atoms with van der Waals surface area (Å²) >= 11 is 0. The molecule has 1 rings (SSSR count). The fourth-order valence-electron chi connectivity index (χ4n) is 1.36. The van der Waals surface area contributed by atoms with Gasteiger partial charge in [-0.2, -0.15) is 5.10 Å². The van der Waals surface area contributed by atoms with Gasteiger partial charge in [-0.05, 0) is 13.0 Å². The zero-order valence-corrected chi connectivity index (χ0v) is 11.9. The minimum atomic E-state index is -3.25. The van der Waals surface area contributed by atoms with E-state index in [0.29, 0.717) is 24.8 Å². The van der Waals surface area contributed by atoms with Crippen molar-refractivity contribution in [3.05, 3.63) is 12.2 Å². The minimum absolute atomic E-state index is 0.111. The van der Waals surface area contributed by atoms with Crippen molar-refractivity contribution in [3.63, 3.8) is 0 Å². The van der Waals surface area contributed by atoms with E-state index in [1.165, 1.54) is 11.0 Å². The maximum absolute atomic E-state index is 11.7. The molecule has 0 aliphatic rings. The smallest absolute Gasteiger partial charge is 0.212 e. The zero-order chi connectivity index (χ0) is 13.6. The van der Waals surface area contributed by atoms with Gasteiger partial charge in [0.2, 0.25) is 10.0 Å². The highest BCUT2D eigenvalue weighted by molar-refractivity contribution is 7.89. The summed E-state index contributed by atoms with van der Waals surface area (Å²) in [6.07, 6.45) is 2.12. The number of aryl methyl sites for hydroxylation is 1. The van der Waals surface area contributed by atoms with Crippen molar-refractivity contribution < 1.29 is 8.42 Å². The zero-order valence-electron chi connectivity index (χ0n) is 11.0. The summed E-state index contributed by atoms with van der Waals surface area (Å²) in [5.74, 6) is 0.584. The number of nitrogens with zero attached hydrogens (tertiary/aromatic N) is 3. The summed E-state index contributed by atoms with van der Waals surface area (Å²) in [6.45, 7) is 4.89. The van der Waals surface area contributed by atoms with Gasteiger partial charge in [-0.15, -0.1) is 0 Å². The van der Waals surface area contributed by atoms with E-state index in [0.717, 1.165) is 0 Å². The van der Waals surface area contributed by atoms with Crippen molar-refractivity contribution in [1.82, 2.24) is 24.8 Å². The predicted octanol–water partition coefficient (Wildman–Crippen LogP) is -0.377. The predicted molar refractivity (Wildman–Crippen MR) is 69.4 cm³/mol. The van der Waals surface area contributed by atoms with Crippen molar-refractivity contribution in [1.29, 1.82) is 0 Å². The molecule has 0 atom stereocenters. The molecule has 2 N–H and O–H groups in total. The second kappa shape index (κ2) is 6.81. The fraction of sp³-hybridized carbons (Fsp3) is 0.800. The first-order chi connectivity index (χ1) is 8.39. The normalized spacial score (nSPS) is 12.2. The highest BCUT2D eigenvalue weighted by atomic mass is 32.2. The first-order valence-electron chi connectivity index (χ1n) is 5.94. The molecule has 0 aliphatic carbocycles. The van der Waals surface area contributed by atoms with Gasteiger partial charge < -0.3 is 5.32 Å². The van der Waals surface area contributed by atoms with Crippen LogP contribution in [0.5, 0.6) is 0 Å². The van der Waals surface area contributed by atoms with E-state index >= 15 is 0 Å². The molecule has 0 fully saturated rings. The molecule has 0 saturated heterocycles. The van der Waals surface area contributed by atoms with Gasteiger partial charge in [-0.25, -0.2) is 18.1 Å². The maximum atomic E-state index is 11.7. The Labute approximate surface area is 108 Å². The van der Waals surface area contributed by atoms with Crippen LogP contribution in [0.1, 0.15) is 26.1 Å². The quantitative estimate of drug-likeness (QED) is 0.632. The lowest BCUT2D eigenvalue weighted by Gasteiger charge is -2.08. The van der Waals surface area contributed by atoms with E-state index in [2.05, 4.69) is 20.1 Å². The molecule has 0 saturated carbocycles. The lowest BCUT2D eigenvalue weighted by molar-refractivity contribution is 0.559. The van der Waals surface area contributed by atoms with E-state index in [1.807, 2.05) is 13.8 Å². The molecule has 104 valence electrons. The molecular weight excluding hydrogens is 254 g/mol. The molecule has 0 aliphatic heterocycles. The number of hydrogen-bond donors (Lipinski definition) is 2. The number of sulfonamides is 1. The van der Waals surface area contributed by atoms with Crippen LogP contribution in [0.3, 0.4) is 0 Å². The average molecular weight is 275 g/mol. The van der Waals surface area contributed by atoms with Gasteiger partial charge in [0.05, 0.1) is 12.3 Å². The Hall–Kier alpha value is -0.990.